The molecule has 0 fully saturated rings. The highest BCUT2D eigenvalue weighted by Gasteiger charge is 2.22. The van der Waals surface area contributed by atoms with E-state index in [9.17, 15) is 4.79 Å². The van der Waals surface area contributed by atoms with E-state index >= 15 is 0 Å². The van der Waals surface area contributed by atoms with Crippen molar-refractivity contribution in [2.75, 3.05) is 14.2 Å². The number of carbonyl (C=O) groups is 1. The van der Waals surface area contributed by atoms with Gasteiger partial charge in [0, 0.05) is 6.07 Å². The summed E-state index contributed by atoms with van der Waals surface area (Å²) in [5.41, 5.74) is 2.10. The summed E-state index contributed by atoms with van der Waals surface area (Å²) in [7, 11) is 3.26. The molecule has 5 heteroatoms. The van der Waals surface area contributed by atoms with Crippen molar-refractivity contribution in [1.29, 1.82) is 0 Å². The minimum Gasteiger partial charge on any atom is -0.497 e. The standard InChI is InChI=1S/C22H29NO4/c1-6-19(16-11-12-21(26-5)15(3)13-16)23-22(24)20(7-2)27-18-10-8-9-17(14-18)25-4/h8-14,19-20H,6-7H2,1-5H3,(H,23,24)/t19-,20+/m0/s1. The van der Waals surface area contributed by atoms with Crippen molar-refractivity contribution in [2.45, 2.75) is 45.8 Å². The molecule has 5 nitrogen and oxygen atoms in total. The molecule has 1 N–H and O–H groups in total. The molecule has 0 spiro atoms. The molecule has 0 radical (unpaired) electrons. The van der Waals surface area contributed by atoms with Crippen LogP contribution in [0.2, 0.25) is 0 Å². The molecule has 146 valence electrons. The number of ether oxygens (including phenoxy) is 3. The molecule has 2 atom stereocenters. The molecule has 0 heterocycles. The van der Waals surface area contributed by atoms with E-state index in [4.69, 9.17) is 14.2 Å². The van der Waals surface area contributed by atoms with Crippen molar-refractivity contribution in [3.05, 3.63) is 53.6 Å². The highest BCUT2D eigenvalue weighted by molar-refractivity contribution is 5.81. The molecule has 2 aromatic carbocycles. The minimum absolute atomic E-state index is 0.0786. The number of hydrogen-bond donors (Lipinski definition) is 1. The number of nitrogens with one attached hydrogen (secondary N) is 1. The van der Waals surface area contributed by atoms with Gasteiger partial charge in [-0.1, -0.05) is 32.0 Å². The van der Waals surface area contributed by atoms with E-state index < -0.39 is 6.10 Å². The second kappa shape index (κ2) is 9.86. The fourth-order valence-corrected chi connectivity index (χ4v) is 2.97. The van der Waals surface area contributed by atoms with Crippen molar-refractivity contribution < 1.29 is 19.0 Å². The van der Waals surface area contributed by atoms with Gasteiger partial charge in [0.15, 0.2) is 6.10 Å². The summed E-state index contributed by atoms with van der Waals surface area (Å²) >= 11 is 0. The summed E-state index contributed by atoms with van der Waals surface area (Å²) in [5.74, 6) is 2.03. The maximum absolute atomic E-state index is 12.8. The van der Waals surface area contributed by atoms with E-state index in [1.54, 1.807) is 20.3 Å². The molecule has 0 aliphatic carbocycles. The van der Waals surface area contributed by atoms with E-state index in [1.165, 1.54) is 0 Å². The Morgan fingerprint density at radius 2 is 1.74 bits per heavy atom. The first-order valence-electron chi connectivity index (χ1n) is 9.27. The van der Waals surface area contributed by atoms with Crippen molar-refractivity contribution in [2.24, 2.45) is 0 Å². The highest BCUT2D eigenvalue weighted by atomic mass is 16.5. The van der Waals surface area contributed by atoms with Crippen molar-refractivity contribution in [3.8, 4) is 17.2 Å². The van der Waals surface area contributed by atoms with Crippen LogP contribution < -0.4 is 19.5 Å². The number of aryl methyl sites for hydroxylation is 1. The maximum atomic E-state index is 12.8. The fourth-order valence-electron chi connectivity index (χ4n) is 2.97. The lowest BCUT2D eigenvalue weighted by atomic mass is 10.0. The third-order valence-electron chi connectivity index (χ3n) is 4.53. The van der Waals surface area contributed by atoms with Crippen LogP contribution in [0, 0.1) is 6.92 Å². The van der Waals surface area contributed by atoms with Crippen LogP contribution in [0.4, 0.5) is 0 Å². The zero-order chi connectivity index (χ0) is 19.8. The van der Waals surface area contributed by atoms with Crippen molar-refractivity contribution >= 4 is 5.91 Å². The highest BCUT2D eigenvalue weighted by Crippen LogP contribution is 2.25. The summed E-state index contributed by atoms with van der Waals surface area (Å²) in [6.45, 7) is 5.98. The Morgan fingerprint density at radius 3 is 2.33 bits per heavy atom. The Morgan fingerprint density at radius 1 is 1.00 bits per heavy atom. The third-order valence-corrected chi connectivity index (χ3v) is 4.53. The van der Waals surface area contributed by atoms with Gasteiger partial charge in [0.2, 0.25) is 0 Å². The first-order valence-corrected chi connectivity index (χ1v) is 9.27. The van der Waals surface area contributed by atoms with E-state index in [-0.39, 0.29) is 11.9 Å². The first kappa shape index (κ1) is 20.6. The molecule has 1 amide bonds. The molecule has 0 aliphatic heterocycles. The van der Waals surface area contributed by atoms with Crippen LogP contribution in [-0.4, -0.2) is 26.2 Å². The van der Waals surface area contributed by atoms with Crippen LogP contribution >= 0.6 is 0 Å². The molecule has 0 aromatic heterocycles. The predicted octanol–water partition coefficient (Wildman–Crippen LogP) is 4.44. The lowest BCUT2D eigenvalue weighted by Crippen LogP contribution is -2.40. The second-order valence-electron chi connectivity index (χ2n) is 6.39. The average molecular weight is 371 g/mol. The number of methoxy groups -OCH3 is 2. The number of hydrogen-bond acceptors (Lipinski definition) is 4. The molecule has 0 bridgehead atoms. The zero-order valence-electron chi connectivity index (χ0n) is 16.7. The van der Waals surface area contributed by atoms with Crippen LogP contribution in [0.15, 0.2) is 42.5 Å². The molecule has 0 saturated carbocycles. The Labute approximate surface area is 161 Å². The van der Waals surface area contributed by atoms with Crippen LogP contribution in [0.5, 0.6) is 17.2 Å². The summed E-state index contributed by atoms with van der Waals surface area (Å²) < 4.78 is 16.4. The molecular formula is C22H29NO4. The van der Waals surface area contributed by atoms with Gasteiger partial charge in [-0.3, -0.25) is 4.79 Å². The Hall–Kier alpha value is -2.69. The molecule has 0 unspecified atom stereocenters. The predicted molar refractivity (Wildman–Crippen MR) is 107 cm³/mol. The van der Waals surface area contributed by atoms with Gasteiger partial charge in [0.1, 0.15) is 17.2 Å². The number of carbonyl (C=O) groups excluding carboxylic acids is 1. The molecule has 27 heavy (non-hydrogen) atoms. The van der Waals surface area contributed by atoms with Crippen LogP contribution in [0.25, 0.3) is 0 Å². The monoisotopic (exact) mass is 371 g/mol. The lowest BCUT2D eigenvalue weighted by molar-refractivity contribution is -0.129. The van der Waals surface area contributed by atoms with E-state index in [0.717, 1.165) is 23.3 Å². The fraction of sp³-hybridized carbons (Fsp3) is 0.409. The summed E-state index contributed by atoms with van der Waals surface area (Å²) in [6.07, 6.45) is 0.791. The van der Waals surface area contributed by atoms with Gasteiger partial charge >= 0.3 is 0 Å². The third kappa shape index (κ3) is 5.39. The van der Waals surface area contributed by atoms with Gasteiger partial charge in [-0.2, -0.15) is 0 Å². The average Bonchev–Trinajstić information content (AvgIpc) is 2.70. The number of amides is 1. The number of rotatable bonds is 9. The quantitative estimate of drug-likeness (QED) is 0.708. The topological polar surface area (TPSA) is 56.8 Å². The van der Waals surface area contributed by atoms with Crippen molar-refractivity contribution in [3.63, 3.8) is 0 Å². The largest absolute Gasteiger partial charge is 0.497 e. The van der Waals surface area contributed by atoms with E-state index in [1.807, 2.05) is 51.1 Å². The summed E-state index contributed by atoms with van der Waals surface area (Å²) in [4.78, 5) is 12.8. The Balaban J connectivity index is 2.10. The second-order valence-corrected chi connectivity index (χ2v) is 6.39. The first-order chi connectivity index (χ1) is 13.0. The van der Waals surface area contributed by atoms with Crippen LogP contribution in [-0.2, 0) is 4.79 Å². The molecule has 0 aliphatic rings. The van der Waals surface area contributed by atoms with Gasteiger partial charge in [-0.05, 0) is 49.1 Å². The zero-order valence-corrected chi connectivity index (χ0v) is 16.7. The van der Waals surface area contributed by atoms with Gasteiger partial charge in [-0.25, -0.2) is 0 Å². The van der Waals surface area contributed by atoms with Crippen LogP contribution in [0.3, 0.4) is 0 Å². The normalized spacial score (nSPS) is 12.8. The maximum Gasteiger partial charge on any atom is 0.261 e. The molecule has 0 saturated heterocycles. The summed E-state index contributed by atoms with van der Waals surface area (Å²) in [6, 6.07) is 13.2. The van der Waals surface area contributed by atoms with Gasteiger partial charge < -0.3 is 19.5 Å². The molecular weight excluding hydrogens is 342 g/mol. The Bertz CT molecular complexity index is 760. The minimum atomic E-state index is -0.564. The molecule has 2 rings (SSSR count). The lowest BCUT2D eigenvalue weighted by Gasteiger charge is -2.23. The smallest absolute Gasteiger partial charge is 0.261 e. The van der Waals surface area contributed by atoms with E-state index in [2.05, 4.69) is 11.4 Å². The van der Waals surface area contributed by atoms with Crippen molar-refractivity contribution in [1.82, 2.24) is 5.32 Å². The van der Waals surface area contributed by atoms with Gasteiger partial charge in [0.05, 0.1) is 20.3 Å². The molecule has 2 aromatic rings. The SMILES string of the molecule is CC[C@H](NC(=O)[C@@H](CC)Oc1cccc(OC)c1)c1ccc(OC)c(C)c1. The summed E-state index contributed by atoms with van der Waals surface area (Å²) in [5, 5.41) is 3.11. The Kier molecular flexibility index (Phi) is 7.53. The van der Waals surface area contributed by atoms with Gasteiger partial charge in [0.25, 0.3) is 5.91 Å². The van der Waals surface area contributed by atoms with Crippen LogP contribution in [0.1, 0.15) is 43.9 Å². The van der Waals surface area contributed by atoms with E-state index in [0.29, 0.717) is 17.9 Å². The number of benzene rings is 2. The van der Waals surface area contributed by atoms with Gasteiger partial charge in [-0.15, -0.1) is 0 Å².